The molecule has 4 heterocycles. The molecule has 0 unspecified atom stereocenters. The van der Waals surface area contributed by atoms with Crippen molar-refractivity contribution in [2.45, 2.75) is 12.8 Å². The minimum Gasteiger partial charge on any atom is -0.140 e. The third kappa shape index (κ3) is 2.90. The van der Waals surface area contributed by atoms with E-state index in [0.717, 1.165) is 37.3 Å². The minimum absolute atomic E-state index is 0.139. The van der Waals surface area contributed by atoms with E-state index in [0.29, 0.717) is 16.0 Å². The third-order valence-electron chi connectivity index (χ3n) is 6.28. The van der Waals surface area contributed by atoms with Gasteiger partial charge in [-0.3, -0.25) is 0 Å². The summed E-state index contributed by atoms with van der Waals surface area (Å²) in [6.45, 7) is 0. The number of fused-ring (bicyclic) bond motifs is 3. The van der Waals surface area contributed by atoms with Gasteiger partial charge in [-0.1, -0.05) is 0 Å². The predicted octanol–water partition coefficient (Wildman–Crippen LogP) is 3.56. The van der Waals surface area contributed by atoms with Crippen molar-refractivity contribution in [3.63, 3.8) is 0 Å². The van der Waals surface area contributed by atoms with E-state index in [-0.39, 0.29) is 11.6 Å². The molecule has 0 fully saturated rings. The summed E-state index contributed by atoms with van der Waals surface area (Å²) in [4.78, 5) is 37.5. The summed E-state index contributed by atoms with van der Waals surface area (Å²) < 4.78 is 2.32. The van der Waals surface area contributed by atoms with Crippen LogP contribution in [-0.4, -0.2) is 42.5 Å². The molecule has 3 aliphatic carbocycles. The number of ketones is 2. The van der Waals surface area contributed by atoms with Crippen molar-refractivity contribution in [2.75, 3.05) is 4.90 Å². The molecule has 0 radical (unpaired) electrons. The second-order valence-electron chi connectivity index (χ2n) is 8.23. The molecule has 0 saturated heterocycles. The Bertz CT molecular complexity index is 1460. The van der Waals surface area contributed by atoms with E-state index in [1.807, 2.05) is 24.5 Å². The van der Waals surface area contributed by atoms with Gasteiger partial charge in [-0.15, -0.1) is 11.3 Å². The van der Waals surface area contributed by atoms with Crippen LogP contribution in [0.2, 0.25) is 0 Å². The molecule has 0 aromatic carbocycles. The summed E-state index contributed by atoms with van der Waals surface area (Å²) in [5, 5.41) is 1.80. The molecular weight excluding hydrogens is 546 g/mol. The smallest absolute Gasteiger partial charge is 0.140 e. The zero-order valence-electron chi connectivity index (χ0n) is 17.2. The number of nitrogens with zero attached hydrogens (tertiary/aromatic N) is 3. The molecule has 0 spiro atoms. The second kappa shape index (κ2) is 7.19. The SMILES string of the molecule is O=C1/C(=C\C2=CC3=C(C=C(N4c5cccnc5[Te]c5ncccc54)C3)C2)C(=O)c2sccc21. The van der Waals surface area contributed by atoms with Gasteiger partial charge in [0.15, 0.2) is 0 Å². The summed E-state index contributed by atoms with van der Waals surface area (Å²) in [5.41, 5.74) is 7.91. The number of hydrogen-bond donors (Lipinski definition) is 0. The Balaban J connectivity index is 1.19. The molecular formula is C26H15N3O2STe. The van der Waals surface area contributed by atoms with Gasteiger partial charge in [0.1, 0.15) is 0 Å². The van der Waals surface area contributed by atoms with Crippen molar-refractivity contribution in [1.29, 1.82) is 0 Å². The zero-order valence-corrected chi connectivity index (χ0v) is 20.4. The second-order valence-corrected chi connectivity index (χ2v) is 11.9. The number of Topliss-reactive ketones (excluding diaryl/α,β-unsaturated/α-hetero) is 2. The average Bonchev–Trinajstić information content (AvgIpc) is 3.58. The monoisotopic (exact) mass is 563 g/mol. The van der Waals surface area contributed by atoms with E-state index in [1.165, 1.54) is 28.2 Å². The van der Waals surface area contributed by atoms with E-state index in [4.69, 9.17) is 0 Å². The van der Waals surface area contributed by atoms with Crippen LogP contribution >= 0.6 is 11.3 Å². The topological polar surface area (TPSA) is 63.2 Å². The Morgan fingerprint density at radius 1 is 0.909 bits per heavy atom. The number of carbonyl (C=O) groups is 2. The van der Waals surface area contributed by atoms with E-state index < -0.39 is 20.9 Å². The van der Waals surface area contributed by atoms with Gasteiger partial charge in [0.25, 0.3) is 0 Å². The van der Waals surface area contributed by atoms with Crippen molar-refractivity contribution in [3.8, 4) is 0 Å². The fourth-order valence-corrected chi connectivity index (χ4v) is 8.36. The van der Waals surface area contributed by atoms with Crippen LogP contribution in [0.5, 0.6) is 0 Å². The first-order chi connectivity index (χ1) is 16.2. The van der Waals surface area contributed by atoms with Crippen LogP contribution in [0.1, 0.15) is 32.9 Å². The summed E-state index contributed by atoms with van der Waals surface area (Å²) in [5.74, 6) is -0.287. The van der Waals surface area contributed by atoms with Gasteiger partial charge in [0, 0.05) is 0 Å². The zero-order chi connectivity index (χ0) is 22.1. The predicted molar refractivity (Wildman–Crippen MR) is 129 cm³/mol. The minimum atomic E-state index is -0.615. The number of carbonyl (C=O) groups excluding carboxylic acids is 2. The molecule has 0 saturated carbocycles. The standard InChI is InChI=1S/C26H15N3O2STe/c30-22-18-5-8-32-24(18)23(31)19(22)11-14-9-15-12-17(13-16(15)10-14)29-20-3-1-6-27-25(20)33-26-21(29)4-2-7-28-26/h1-9,11,13H,10,12H2/b19-11+. The van der Waals surface area contributed by atoms with Gasteiger partial charge in [-0.2, -0.15) is 0 Å². The number of thiophene rings is 1. The van der Waals surface area contributed by atoms with Crippen LogP contribution in [0.4, 0.5) is 11.4 Å². The molecule has 7 heteroatoms. The Hall–Kier alpha value is -3.11. The quantitative estimate of drug-likeness (QED) is 0.272. The van der Waals surface area contributed by atoms with Crippen LogP contribution in [0, 0.1) is 0 Å². The van der Waals surface area contributed by atoms with Gasteiger partial charge in [-0.25, -0.2) is 0 Å². The van der Waals surface area contributed by atoms with Crippen LogP contribution in [0.25, 0.3) is 0 Å². The molecule has 0 N–H and O–H groups in total. The number of allylic oxidation sites excluding steroid dienone is 7. The molecule has 3 aromatic rings. The third-order valence-corrected chi connectivity index (χ3v) is 10.1. The fraction of sp³-hybridized carbons (Fsp3) is 0.0769. The van der Waals surface area contributed by atoms with Crippen molar-refractivity contribution < 1.29 is 9.59 Å². The molecule has 3 aromatic heterocycles. The molecule has 7 rings (SSSR count). The van der Waals surface area contributed by atoms with Gasteiger partial charge >= 0.3 is 182 Å². The summed E-state index contributed by atoms with van der Waals surface area (Å²) in [7, 11) is 0. The Labute approximate surface area is 204 Å². The molecule has 4 aliphatic rings. The Morgan fingerprint density at radius 2 is 1.64 bits per heavy atom. The van der Waals surface area contributed by atoms with Crippen LogP contribution in [-0.2, 0) is 0 Å². The van der Waals surface area contributed by atoms with Crippen molar-refractivity contribution in [3.05, 3.63) is 105 Å². The molecule has 0 atom stereocenters. The van der Waals surface area contributed by atoms with Gasteiger partial charge in [0.05, 0.1) is 0 Å². The maximum absolute atomic E-state index is 12.6. The van der Waals surface area contributed by atoms with Crippen molar-refractivity contribution >= 4 is 62.7 Å². The van der Waals surface area contributed by atoms with Crippen LogP contribution < -0.4 is 12.4 Å². The first-order valence-electron chi connectivity index (χ1n) is 10.6. The molecule has 0 bridgehead atoms. The van der Waals surface area contributed by atoms with Gasteiger partial charge < -0.3 is 0 Å². The normalized spacial score (nSPS) is 19.5. The molecule has 1 aliphatic heterocycles. The summed E-state index contributed by atoms with van der Waals surface area (Å²) in [6.07, 6.45) is 11.5. The first-order valence-corrected chi connectivity index (χ1v) is 13.8. The number of anilines is 2. The van der Waals surface area contributed by atoms with E-state index in [9.17, 15) is 9.59 Å². The van der Waals surface area contributed by atoms with Crippen molar-refractivity contribution in [1.82, 2.24) is 9.97 Å². The van der Waals surface area contributed by atoms with E-state index in [2.05, 4.69) is 39.2 Å². The molecule has 158 valence electrons. The number of rotatable bonds is 2. The van der Waals surface area contributed by atoms with Crippen molar-refractivity contribution in [2.24, 2.45) is 0 Å². The van der Waals surface area contributed by atoms with E-state index in [1.54, 1.807) is 17.5 Å². The average molecular weight is 561 g/mol. The van der Waals surface area contributed by atoms with Crippen LogP contribution in [0.15, 0.2) is 94.3 Å². The maximum atomic E-state index is 12.6. The molecule has 5 nitrogen and oxygen atoms in total. The summed E-state index contributed by atoms with van der Waals surface area (Å²) in [6, 6.07) is 10.0. The van der Waals surface area contributed by atoms with Gasteiger partial charge in [-0.05, 0) is 11.4 Å². The van der Waals surface area contributed by atoms with Crippen LogP contribution in [0.3, 0.4) is 0 Å². The fourth-order valence-electron chi connectivity index (χ4n) is 4.84. The Kier molecular flexibility index (Phi) is 4.22. The Morgan fingerprint density at radius 3 is 2.33 bits per heavy atom. The van der Waals surface area contributed by atoms with Gasteiger partial charge in [0.2, 0.25) is 0 Å². The number of hydrogen-bond acceptors (Lipinski definition) is 6. The molecule has 0 amide bonds. The number of aromatic nitrogens is 2. The summed E-state index contributed by atoms with van der Waals surface area (Å²) >= 11 is 0.729. The van der Waals surface area contributed by atoms with E-state index >= 15 is 0 Å². The first kappa shape index (κ1) is 19.4. The molecule has 33 heavy (non-hydrogen) atoms. The number of pyridine rings is 2.